The Labute approximate surface area is 245 Å². The van der Waals surface area contributed by atoms with E-state index in [1.54, 1.807) is 19.1 Å². The summed E-state index contributed by atoms with van der Waals surface area (Å²) in [6.07, 6.45) is -2.55. The third kappa shape index (κ3) is 6.13. The van der Waals surface area contributed by atoms with Crippen molar-refractivity contribution in [1.29, 1.82) is 0 Å². The van der Waals surface area contributed by atoms with Crippen LogP contribution < -0.4 is 15.0 Å². The third-order valence-corrected chi connectivity index (χ3v) is 8.72. The molecule has 0 saturated carbocycles. The largest absolute Gasteiger partial charge is 0.496 e. The molecular formula is C27H26BrF3N4O5S. The molecule has 0 aliphatic carbocycles. The van der Waals surface area contributed by atoms with Crippen molar-refractivity contribution < 1.29 is 32.3 Å². The molecule has 14 heteroatoms. The van der Waals surface area contributed by atoms with Gasteiger partial charge in [0, 0.05) is 37.0 Å². The molecule has 2 aromatic heterocycles. The van der Waals surface area contributed by atoms with Crippen LogP contribution >= 0.6 is 27.3 Å². The van der Waals surface area contributed by atoms with Crippen LogP contribution in [-0.2, 0) is 22.4 Å². The van der Waals surface area contributed by atoms with Crippen LogP contribution in [0.4, 0.5) is 13.2 Å². The number of ether oxygens (including phenoxy) is 2. The Bertz CT molecular complexity index is 1510. The summed E-state index contributed by atoms with van der Waals surface area (Å²) < 4.78 is 51.1. The van der Waals surface area contributed by atoms with E-state index in [9.17, 15) is 22.8 Å². The first-order valence-corrected chi connectivity index (χ1v) is 14.4. The highest BCUT2D eigenvalue weighted by Gasteiger charge is 2.34. The summed E-state index contributed by atoms with van der Waals surface area (Å²) in [7, 11) is 3.18. The van der Waals surface area contributed by atoms with E-state index in [1.807, 2.05) is 23.6 Å². The Morgan fingerprint density at radius 3 is 2.51 bits per heavy atom. The van der Waals surface area contributed by atoms with E-state index >= 15 is 0 Å². The molecule has 1 saturated heterocycles. The Morgan fingerprint density at radius 1 is 1.20 bits per heavy atom. The van der Waals surface area contributed by atoms with Gasteiger partial charge in [-0.2, -0.15) is 13.2 Å². The number of nitrogens with zero attached hydrogens (tertiary/aromatic N) is 4. The summed E-state index contributed by atoms with van der Waals surface area (Å²) in [6.45, 7) is 0.353. The van der Waals surface area contributed by atoms with Crippen LogP contribution in [0.25, 0.3) is 0 Å². The van der Waals surface area contributed by atoms with Gasteiger partial charge in [-0.05, 0) is 47.0 Å². The van der Waals surface area contributed by atoms with Crippen molar-refractivity contribution in [2.45, 2.75) is 44.0 Å². The molecule has 2 aliphatic heterocycles. The molecule has 1 aromatic carbocycles. The van der Waals surface area contributed by atoms with E-state index in [1.165, 1.54) is 11.3 Å². The lowest BCUT2D eigenvalue weighted by Crippen LogP contribution is -2.41. The van der Waals surface area contributed by atoms with Gasteiger partial charge in [0.2, 0.25) is 5.91 Å². The first-order valence-electron chi connectivity index (χ1n) is 12.7. The number of benzene rings is 1. The van der Waals surface area contributed by atoms with Crippen LogP contribution in [-0.4, -0.2) is 53.4 Å². The average molecular weight is 655 g/mol. The standard InChI is InChI=1S/C27H26BrF3N4O5S/c1-38-20-4-3-5-21(39-2)24(20)22-11-18(33-40-22)19-14-41-25(32-19)15-6-8-34(9-7-15)23(36)13-35-12-16(27(29,30)31)10-17(28)26(35)37/h3-5,10,12,14-15,22H,6-9,11,13H2,1-2H3. The number of amides is 1. The second-order valence-corrected chi connectivity index (χ2v) is 11.4. The van der Waals surface area contributed by atoms with Gasteiger partial charge in [-0.25, -0.2) is 4.98 Å². The average Bonchev–Trinajstić information content (AvgIpc) is 3.65. The second kappa shape index (κ2) is 11.8. The molecule has 1 atom stereocenters. The van der Waals surface area contributed by atoms with Gasteiger partial charge in [0.25, 0.3) is 5.56 Å². The SMILES string of the molecule is COc1cccc(OC)c1C1CC(c2csc(C3CCN(C(=O)Cn4cc(C(F)(F)F)cc(Br)c4=O)CC3)n2)=NO1. The lowest BCUT2D eigenvalue weighted by Gasteiger charge is -2.31. The van der Waals surface area contributed by atoms with Crippen molar-refractivity contribution >= 4 is 38.9 Å². The minimum atomic E-state index is -4.63. The van der Waals surface area contributed by atoms with Crippen molar-refractivity contribution in [2.24, 2.45) is 5.16 Å². The number of likely N-dealkylation sites (tertiary alicyclic amines) is 1. The molecule has 3 aromatic rings. The van der Waals surface area contributed by atoms with Gasteiger partial charge in [-0.3, -0.25) is 9.59 Å². The van der Waals surface area contributed by atoms with Gasteiger partial charge in [-0.15, -0.1) is 11.3 Å². The lowest BCUT2D eigenvalue weighted by molar-refractivity contribution is -0.139. The Morgan fingerprint density at radius 2 is 1.88 bits per heavy atom. The normalized spacial score (nSPS) is 17.8. The molecule has 1 unspecified atom stereocenters. The van der Waals surface area contributed by atoms with Crippen LogP contribution in [0.2, 0.25) is 0 Å². The Hall–Kier alpha value is -3.39. The fraction of sp³-hybridized carbons (Fsp3) is 0.407. The van der Waals surface area contributed by atoms with Gasteiger partial charge < -0.3 is 23.8 Å². The molecule has 9 nitrogen and oxygen atoms in total. The molecule has 1 fully saturated rings. The predicted octanol–water partition coefficient (Wildman–Crippen LogP) is 5.38. The fourth-order valence-corrected chi connectivity index (χ4v) is 6.46. The minimum absolute atomic E-state index is 0.122. The second-order valence-electron chi connectivity index (χ2n) is 9.65. The van der Waals surface area contributed by atoms with E-state index in [2.05, 4.69) is 21.1 Å². The number of thiazole rings is 1. The number of hydrogen-bond acceptors (Lipinski definition) is 8. The van der Waals surface area contributed by atoms with Gasteiger partial charge in [0.15, 0.2) is 6.10 Å². The maximum Gasteiger partial charge on any atom is 0.417 e. The van der Waals surface area contributed by atoms with Gasteiger partial charge >= 0.3 is 6.18 Å². The predicted molar refractivity (Wildman–Crippen MR) is 149 cm³/mol. The summed E-state index contributed by atoms with van der Waals surface area (Å²) in [5.74, 6) is 1.01. The first-order chi connectivity index (χ1) is 19.6. The summed E-state index contributed by atoms with van der Waals surface area (Å²) in [5, 5.41) is 7.14. The third-order valence-electron chi connectivity index (χ3n) is 7.15. The van der Waals surface area contributed by atoms with Crippen LogP contribution in [0, 0.1) is 0 Å². The van der Waals surface area contributed by atoms with Gasteiger partial charge in [0.1, 0.15) is 23.8 Å². The summed E-state index contributed by atoms with van der Waals surface area (Å²) in [4.78, 5) is 37.3. The molecule has 4 heterocycles. The quantitative estimate of drug-likeness (QED) is 0.340. The molecule has 0 N–H and O–H groups in total. The molecule has 2 aliphatic rings. The van der Waals surface area contributed by atoms with Crippen molar-refractivity contribution in [3.63, 3.8) is 0 Å². The monoisotopic (exact) mass is 654 g/mol. The summed E-state index contributed by atoms with van der Waals surface area (Å²) in [6, 6.07) is 6.24. The lowest BCUT2D eigenvalue weighted by atomic mass is 9.97. The molecular weight excluding hydrogens is 629 g/mol. The molecule has 5 rings (SSSR count). The number of hydrogen-bond donors (Lipinski definition) is 0. The van der Waals surface area contributed by atoms with Crippen molar-refractivity contribution in [1.82, 2.24) is 14.5 Å². The molecule has 0 spiro atoms. The molecule has 41 heavy (non-hydrogen) atoms. The number of halogens is 4. The minimum Gasteiger partial charge on any atom is -0.496 e. The smallest absolute Gasteiger partial charge is 0.417 e. The molecule has 1 amide bonds. The van der Waals surface area contributed by atoms with Crippen LogP contribution in [0.1, 0.15) is 53.1 Å². The number of aromatic nitrogens is 2. The number of carbonyl (C=O) groups excluding carboxylic acids is 1. The fourth-order valence-electron chi connectivity index (χ4n) is 4.98. The zero-order valence-electron chi connectivity index (χ0n) is 22.1. The van der Waals surface area contributed by atoms with Crippen molar-refractivity contribution in [3.05, 3.63) is 72.5 Å². The Kier molecular flexibility index (Phi) is 8.41. The highest BCUT2D eigenvalue weighted by atomic mass is 79.9. The van der Waals surface area contributed by atoms with Crippen LogP contribution in [0.5, 0.6) is 11.5 Å². The van der Waals surface area contributed by atoms with E-state index in [0.717, 1.165) is 32.6 Å². The molecule has 0 bridgehead atoms. The number of oxime groups is 1. The highest BCUT2D eigenvalue weighted by molar-refractivity contribution is 9.10. The van der Waals surface area contributed by atoms with Crippen LogP contribution in [0.3, 0.4) is 0 Å². The maximum atomic E-state index is 13.2. The van der Waals surface area contributed by atoms with Gasteiger partial charge in [-0.1, -0.05) is 11.2 Å². The zero-order valence-corrected chi connectivity index (χ0v) is 24.5. The maximum absolute atomic E-state index is 13.2. The van der Waals surface area contributed by atoms with E-state index < -0.39 is 29.8 Å². The molecule has 0 radical (unpaired) electrons. The number of alkyl halides is 3. The van der Waals surface area contributed by atoms with E-state index in [-0.39, 0.29) is 16.5 Å². The Balaban J connectivity index is 1.20. The number of piperidine rings is 1. The number of pyridine rings is 1. The number of rotatable bonds is 7. The van der Waals surface area contributed by atoms with E-state index in [4.69, 9.17) is 19.3 Å². The zero-order chi connectivity index (χ0) is 29.3. The first kappa shape index (κ1) is 29.1. The summed E-state index contributed by atoms with van der Waals surface area (Å²) in [5.41, 5.74) is 0.538. The van der Waals surface area contributed by atoms with Crippen molar-refractivity contribution in [3.8, 4) is 11.5 Å². The summed E-state index contributed by atoms with van der Waals surface area (Å²) >= 11 is 4.39. The van der Waals surface area contributed by atoms with Gasteiger partial charge in [0.05, 0.1) is 40.5 Å². The topological polar surface area (TPSA) is 95.2 Å². The highest BCUT2D eigenvalue weighted by Crippen LogP contribution is 2.41. The number of carbonyl (C=O) groups is 1. The van der Waals surface area contributed by atoms with Crippen molar-refractivity contribution in [2.75, 3.05) is 27.3 Å². The van der Waals surface area contributed by atoms with Crippen LogP contribution in [0.15, 0.2) is 50.3 Å². The number of methoxy groups -OCH3 is 2. The van der Waals surface area contributed by atoms with E-state index in [0.29, 0.717) is 50.0 Å². The molecule has 218 valence electrons.